The van der Waals surface area contributed by atoms with Crippen molar-refractivity contribution in [2.45, 2.75) is 51.5 Å². The van der Waals surface area contributed by atoms with E-state index in [0.29, 0.717) is 5.41 Å². The predicted octanol–water partition coefficient (Wildman–Crippen LogP) is 1.73. The van der Waals surface area contributed by atoms with Crippen LogP contribution in [0.3, 0.4) is 0 Å². The van der Waals surface area contributed by atoms with Gasteiger partial charge in [-0.3, -0.25) is 0 Å². The maximum atomic E-state index is 12.0. The Kier molecular flexibility index (Phi) is 3.92. The zero-order valence-corrected chi connectivity index (χ0v) is 10.7. The van der Waals surface area contributed by atoms with E-state index in [0.717, 1.165) is 25.9 Å². The molecule has 17 heavy (non-hydrogen) atoms. The monoisotopic (exact) mass is 240 g/mol. The van der Waals surface area contributed by atoms with E-state index < -0.39 is 0 Å². The maximum Gasteiger partial charge on any atom is 0.317 e. The van der Waals surface area contributed by atoms with Gasteiger partial charge in [-0.25, -0.2) is 4.79 Å². The van der Waals surface area contributed by atoms with Crippen molar-refractivity contribution in [1.82, 2.24) is 10.2 Å². The number of aliphatic hydroxyl groups excluding tert-OH is 1. The second-order valence-electron chi connectivity index (χ2n) is 5.85. The molecule has 0 bridgehead atoms. The van der Waals surface area contributed by atoms with Crippen LogP contribution in [0, 0.1) is 5.41 Å². The number of carbonyl (C=O) groups is 1. The van der Waals surface area contributed by atoms with Crippen molar-refractivity contribution < 1.29 is 9.90 Å². The van der Waals surface area contributed by atoms with Gasteiger partial charge in [-0.2, -0.15) is 0 Å². The second-order valence-corrected chi connectivity index (χ2v) is 5.85. The van der Waals surface area contributed by atoms with Crippen molar-refractivity contribution >= 4 is 6.03 Å². The van der Waals surface area contributed by atoms with Crippen LogP contribution in [0.4, 0.5) is 4.79 Å². The molecular formula is C13H24N2O2. The minimum atomic E-state index is 0.00896. The molecule has 1 aliphatic heterocycles. The molecule has 1 atom stereocenters. The molecule has 1 aliphatic carbocycles. The molecule has 2 rings (SSSR count). The van der Waals surface area contributed by atoms with Gasteiger partial charge in [-0.05, 0) is 31.1 Å². The van der Waals surface area contributed by atoms with Crippen LogP contribution in [-0.4, -0.2) is 41.8 Å². The molecule has 4 nitrogen and oxygen atoms in total. The third-order valence-electron chi connectivity index (χ3n) is 4.33. The summed E-state index contributed by atoms with van der Waals surface area (Å²) < 4.78 is 0. The van der Waals surface area contributed by atoms with Crippen molar-refractivity contribution in [2.75, 3.05) is 19.7 Å². The average molecular weight is 240 g/mol. The summed E-state index contributed by atoms with van der Waals surface area (Å²) in [5.74, 6) is 0. The zero-order valence-electron chi connectivity index (χ0n) is 10.7. The topological polar surface area (TPSA) is 52.6 Å². The highest BCUT2D eigenvalue weighted by Crippen LogP contribution is 2.36. The quantitative estimate of drug-likeness (QED) is 0.789. The number of hydrogen-bond donors (Lipinski definition) is 2. The van der Waals surface area contributed by atoms with Crippen LogP contribution in [-0.2, 0) is 0 Å². The van der Waals surface area contributed by atoms with Crippen LogP contribution in [0.15, 0.2) is 0 Å². The standard InChI is InChI=1S/C13H24N2O2/c1-13(6-2-3-7-13)10-14-12(17)15-8-4-5-11(15)9-16/h11,16H,2-10H2,1H3,(H,14,17). The molecule has 0 aromatic carbocycles. The average Bonchev–Trinajstić information content (AvgIpc) is 2.95. The Balaban J connectivity index is 1.80. The van der Waals surface area contributed by atoms with Crippen LogP contribution in [0.2, 0.25) is 0 Å². The van der Waals surface area contributed by atoms with E-state index in [2.05, 4.69) is 12.2 Å². The Morgan fingerprint density at radius 2 is 2.12 bits per heavy atom. The molecule has 1 heterocycles. The first-order valence-corrected chi connectivity index (χ1v) is 6.80. The fourth-order valence-electron chi connectivity index (χ4n) is 3.09. The van der Waals surface area contributed by atoms with Gasteiger partial charge in [0.05, 0.1) is 12.6 Å². The highest BCUT2D eigenvalue weighted by molar-refractivity contribution is 5.74. The second kappa shape index (κ2) is 5.25. The van der Waals surface area contributed by atoms with Crippen molar-refractivity contribution in [3.63, 3.8) is 0 Å². The summed E-state index contributed by atoms with van der Waals surface area (Å²) in [6.07, 6.45) is 6.95. The molecule has 1 unspecified atom stereocenters. The number of carbonyl (C=O) groups excluding carboxylic acids is 1. The summed E-state index contributed by atoms with van der Waals surface area (Å²) in [6.45, 7) is 3.91. The molecule has 0 spiro atoms. The highest BCUT2D eigenvalue weighted by atomic mass is 16.3. The molecule has 0 aromatic rings. The molecular weight excluding hydrogens is 216 g/mol. The van der Waals surface area contributed by atoms with Crippen molar-refractivity contribution in [3.05, 3.63) is 0 Å². The Morgan fingerprint density at radius 1 is 1.41 bits per heavy atom. The number of urea groups is 1. The number of nitrogens with zero attached hydrogens (tertiary/aromatic N) is 1. The van der Waals surface area contributed by atoms with Gasteiger partial charge in [-0.15, -0.1) is 0 Å². The lowest BCUT2D eigenvalue weighted by Gasteiger charge is -2.28. The van der Waals surface area contributed by atoms with Crippen molar-refractivity contribution in [1.29, 1.82) is 0 Å². The smallest absolute Gasteiger partial charge is 0.317 e. The van der Waals surface area contributed by atoms with Gasteiger partial charge in [0.25, 0.3) is 0 Å². The van der Waals surface area contributed by atoms with Crippen molar-refractivity contribution in [2.24, 2.45) is 5.41 Å². The largest absolute Gasteiger partial charge is 0.394 e. The molecule has 0 aromatic heterocycles. The molecule has 2 N–H and O–H groups in total. The van der Waals surface area contributed by atoms with Crippen molar-refractivity contribution in [3.8, 4) is 0 Å². The minimum Gasteiger partial charge on any atom is -0.394 e. The van der Waals surface area contributed by atoms with Gasteiger partial charge in [0.2, 0.25) is 0 Å². The van der Waals surface area contributed by atoms with Gasteiger partial charge in [0.1, 0.15) is 0 Å². The third kappa shape index (κ3) is 2.92. The van der Waals surface area contributed by atoms with Crippen LogP contribution in [0.1, 0.15) is 45.4 Å². The van der Waals surface area contributed by atoms with E-state index in [4.69, 9.17) is 0 Å². The summed E-state index contributed by atoms with van der Waals surface area (Å²) in [5.41, 5.74) is 0.296. The number of aliphatic hydroxyl groups is 1. The first-order valence-electron chi connectivity index (χ1n) is 6.80. The zero-order chi connectivity index (χ0) is 12.3. The van der Waals surface area contributed by atoms with Gasteiger partial charge < -0.3 is 15.3 Å². The molecule has 2 aliphatic rings. The molecule has 2 fully saturated rings. The molecule has 98 valence electrons. The van der Waals surface area contributed by atoms with Gasteiger partial charge in [0.15, 0.2) is 0 Å². The van der Waals surface area contributed by atoms with Gasteiger partial charge in [-0.1, -0.05) is 19.8 Å². The summed E-state index contributed by atoms with van der Waals surface area (Å²) >= 11 is 0. The lowest BCUT2D eigenvalue weighted by molar-refractivity contribution is 0.153. The van der Waals surface area contributed by atoms with Gasteiger partial charge in [0, 0.05) is 13.1 Å². The molecule has 1 saturated carbocycles. The lowest BCUT2D eigenvalue weighted by Crippen LogP contribution is -2.46. The molecule has 4 heteroatoms. The van der Waals surface area contributed by atoms with E-state index in [1.54, 1.807) is 4.90 Å². The van der Waals surface area contributed by atoms with Crippen LogP contribution in [0.25, 0.3) is 0 Å². The Labute approximate surface area is 103 Å². The first-order chi connectivity index (χ1) is 8.14. The molecule has 1 saturated heterocycles. The molecule has 0 radical (unpaired) electrons. The Hall–Kier alpha value is -0.770. The maximum absolute atomic E-state index is 12.0. The summed E-state index contributed by atoms with van der Waals surface area (Å²) in [4.78, 5) is 13.8. The predicted molar refractivity (Wildman–Crippen MR) is 66.8 cm³/mol. The van der Waals surface area contributed by atoms with Crippen LogP contribution < -0.4 is 5.32 Å². The number of nitrogens with one attached hydrogen (secondary N) is 1. The molecule has 2 amide bonds. The lowest BCUT2D eigenvalue weighted by atomic mass is 9.89. The number of amides is 2. The van der Waals surface area contributed by atoms with Crippen LogP contribution in [0.5, 0.6) is 0 Å². The van der Waals surface area contributed by atoms with E-state index in [-0.39, 0.29) is 18.7 Å². The fraction of sp³-hybridized carbons (Fsp3) is 0.923. The SMILES string of the molecule is CC1(CNC(=O)N2CCCC2CO)CCCC1. The Morgan fingerprint density at radius 3 is 2.76 bits per heavy atom. The first kappa shape index (κ1) is 12.7. The number of likely N-dealkylation sites (tertiary alicyclic amines) is 1. The van der Waals surface area contributed by atoms with E-state index >= 15 is 0 Å². The Bertz CT molecular complexity index is 275. The number of rotatable bonds is 3. The normalized spacial score (nSPS) is 27.4. The summed E-state index contributed by atoms with van der Waals surface area (Å²) in [7, 11) is 0. The minimum absolute atomic E-state index is 0.00896. The highest BCUT2D eigenvalue weighted by Gasteiger charge is 2.32. The third-order valence-corrected chi connectivity index (χ3v) is 4.33. The summed E-state index contributed by atoms with van der Waals surface area (Å²) in [6, 6.07) is 0.0426. The van der Waals surface area contributed by atoms with E-state index in [9.17, 15) is 9.90 Å². The van der Waals surface area contributed by atoms with Crippen LogP contribution >= 0.6 is 0 Å². The fourth-order valence-corrected chi connectivity index (χ4v) is 3.09. The summed E-state index contributed by atoms with van der Waals surface area (Å²) in [5, 5.41) is 12.2. The number of hydrogen-bond acceptors (Lipinski definition) is 2. The van der Waals surface area contributed by atoms with E-state index in [1.165, 1.54) is 25.7 Å². The van der Waals surface area contributed by atoms with Gasteiger partial charge >= 0.3 is 6.03 Å². The van der Waals surface area contributed by atoms with E-state index in [1.807, 2.05) is 0 Å².